The fraction of sp³-hybridized carbons (Fsp3) is 0.458. The van der Waals surface area contributed by atoms with Gasteiger partial charge in [-0.2, -0.15) is 0 Å². The van der Waals surface area contributed by atoms with Gasteiger partial charge in [-0.1, -0.05) is 25.1 Å². The minimum Gasteiger partial charge on any atom is -0.345 e. The van der Waals surface area contributed by atoms with Gasteiger partial charge in [0.1, 0.15) is 0 Å². The van der Waals surface area contributed by atoms with Crippen LogP contribution in [0.2, 0.25) is 0 Å². The van der Waals surface area contributed by atoms with Gasteiger partial charge in [0.05, 0.1) is 5.92 Å². The van der Waals surface area contributed by atoms with E-state index in [1.807, 2.05) is 43.4 Å². The van der Waals surface area contributed by atoms with Crippen LogP contribution in [0.5, 0.6) is 0 Å². The van der Waals surface area contributed by atoms with E-state index in [1.165, 1.54) is 5.56 Å². The number of carbonyl (C=O) groups is 2. The van der Waals surface area contributed by atoms with E-state index in [0.717, 1.165) is 37.2 Å². The van der Waals surface area contributed by atoms with Gasteiger partial charge in [0.2, 0.25) is 11.8 Å². The first-order chi connectivity index (χ1) is 14.5. The highest BCUT2D eigenvalue weighted by Crippen LogP contribution is 2.29. The number of aryl methyl sites for hydroxylation is 1. The van der Waals surface area contributed by atoms with Crippen molar-refractivity contribution in [3.63, 3.8) is 0 Å². The summed E-state index contributed by atoms with van der Waals surface area (Å²) in [4.78, 5) is 35.4. The summed E-state index contributed by atoms with van der Waals surface area (Å²) in [6, 6.07) is 12.0. The zero-order chi connectivity index (χ0) is 21.5. The number of pyridine rings is 1. The maximum atomic E-state index is 12.9. The third kappa shape index (κ3) is 5.45. The van der Waals surface area contributed by atoms with Gasteiger partial charge in [0.25, 0.3) is 0 Å². The highest BCUT2D eigenvalue weighted by molar-refractivity contribution is 6.00. The number of rotatable bonds is 9. The third-order valence-electron chi connectivity index (χ3n) is 5.75. The lowest BCUT2D eigenvalue weighted by Gasteiger charge is -2.23. The molecule has 1 aliphatic rings. The lowest BCUT2D eigenvalue weighted by atomic mass is 10.1. The predicted octanol–water partition coefficient (Wildman–Crippen LogP) is 2.98. The summed E-state index contributed by atoms with van der Waals surface area (Å²) in [6.07, 6.45) is 5.67. The Kier molecular flexibility index (Phi) is 7.57. The number of aromatic nitrogens is 1. The van der Waals surface area contributed by atoms with Crippen LogP contribution in [0.3, 0.4) is 0 Å². The summed E-state index contributed by atoms with van der Waals surface area (Å²) >= 11 is 0. The van der Waals surface area contributed by atoms with Gasteiger partial charge in [0, 0.05) is 51.2 Å². The van der Waals surface area contributed by atoms with Crippen LogP contribution in [0.4, 0.5) is 5.69 Å². The number of anilines is 1. The molecule has 2 amide bonds. The zero-order valence-corrected chi connectivity index (χ0v) is 18.3. The van der Waals surface area contributed by atoms with Gasteiger partial charge in [-0.25, -0.2) is 0 Å². The third-order valence-corrected chi connectivity index (χ3v) is 5.75. The second kappa shape index (κ2) is 10.3. The fourth-order valence-electron chi connectivity index (χ4n) is 4.06. The molecule has 0 bridgehead atoms. The Bertz CT molecular complexity index is 855. The molecule has 160 valence electrons. The molecule has 0 unspecified atom stereocenters. The summed E-state index contributed by atoms with van der Waals surface area (Å²) in [5, 5.41) is 0. The average molecular weight is 409 g/mol. The molecular formula is C24H32N4O2. The van der Waals surface area contributed by atoms with E-state index < -0.39 is 0 Å². The normalized spacial score (nSPS) is 16.3. The summed E-state index contributed by atoms with van der Waals surface area (Å²) in [5.41, 5.74) is 3.32. The van der Waals surface area contributed by atoms with E-state index in [0.29, 0.717) is 19.5 Å². The smallest absolute Gasteiger partial charge is 0.227 e. The molecule has 1 aliphatic heterocycles. The molecule has 0 N–H and O–H groups in total. The fourth-order valence-corrected chi connectivity index (χ4v) is 4.06. The quantitative estimate of drug-likeness (QED) is 0.640. The number of hydrogen-bond donors (Lipinski definition) is 0. The van der Waals surface area contributed by atoms with E-state index in [2.05, 4.69) is 23.9 Å². The van der Waals surface area contributed by atoms with Gasteiger partial charge < -0.3 is 14.7 Å². The van der Waals surface area contributed by atoms with E-state index in [4.69, 9.17) is 0 Å². The summed E-state index contributed by atoms with van der Waals surface area (Å²) in [5.74, 6) is -0.154. The molecule has 0 aliphatic carbocycles. The van der Waals surface area contributed by atoms with Crippen LogP contribution in [0.15, 0.2) is 48.8 Å². The molecule has 2 heterocycles. The molecule has 0 radical (unpaired) electrons. The van der Waals surface area contributed by atoms with Crippen molar-refractivity contribution in [2.24, 2.45) is 5.92 Å². The number of benzene rings is 1. The molecule has 6 nitrogen and oxygen atoms in total. The molecule has 6 heteroatoms. The Morgan fingerprint density at radius 2 is 1.87 bits per heavy atom. The molecule has 1 aromatic heterocycles. The first-order valence-electron chi connectivity index (χ1n) is 10.7. The predicted molar refractivity (Wildman–Crippen MR) is 119 cm³/mol. The Morgan fingerprint density at radius 1 is 1.13 bits per heavy atom. The highest BCUT2D eigenvalue weighted by Gasteiger charge is 2.36. The van der Waals surface area contributed by atoms with Gasteiger partial charge >= 0.3 is 0 Å². The second-order valence-electron chi connectivity index (χ2n) is 8.09. The van der Waals surface area contributed by atoms with Gasteiger partial charge in [0.15, 0.2) is 0 Å². The van der Waals surface area contributed by atoms with Crippen molar-refractivity contribution in [1.82, 2.24) is 14.8 Å². The van der Waals surface area contributed by atoms with Crippen LogP contribution >= 0.6 is 0 Å². The minimum absolute atomic E-state index is 0.0414. The van der Waals surface area contributed by atoms with Gasteiger partial charge in [-0.3, -0.25) is 14.6 Å². The molecular weight excluding hydrogens is 376 g/mol. The SMILES string of the molecule is CCc1ccccc1N1C[C@@H](C(=O)N(C)CCCN(C)Cc2ccncc2)CC1=O. The van der Waals surface area contributed by atoms with E-state index in [1.54, 1.807) is 22.2 Å². The van der Waals surface area contributed by atoms with Crippen LogP contribution in [0, 0.1) is 5.92 Å². The lowest BCUT2D eigenvalue weighted by molar-refractivity contribution is -0.134. The summed E-state index contributed by atoms with van der Waals surface area (Å²) in [7, 11) is 3.93. The summed E-state index contributed by atoms with van der Waals surface area (Å²) in [6.45, 7) is 5.01. The molecule has 2 aromatic rings. The van der Waals surface area contributed by atoms with Crippen molar-refractivity contribution < 1.29 is 9.59 Å². The standard InChI is InChI=1S/C24H32N4O2/c1-4-20-8-5-6-9-22(20)28-18-21(16-23(28)29)24(30)27(3)15-7-14-26(2)17-19-10-12-25-13-11-19/h5-6,8-13,21H,4,7,14-18H2,1-3H3/t21-/m0/s1. The molecule has 30 heavy (non-hydrogen) atoms. The summed E-state index contributed by atoms with van der Waals surface area (Å²) < 4.78 is 0. The van der Waals surface area contributed by atoms with E-state index in [9.17, 15) is 9.59 Å². The van der Waals surface area contributed by atoms with Crippen molar-refractivity contribution in [3.8, 4) is 0 Å². The lowest BCUT2D eigenvalue weighted by Crippen LogP contribution is -2.36. The Morgan fingerprint density at radius 3 is 2.60 bits per heavy atom. The van der Waals surface area contributed by atoms with Crippen molar-refractivity contribution >= 4 is 17.5 Å². The Balaban J connectivity index is 1.48. The minimum atomic E-state index is -0.262. The topological polar surface area (TPSA) is 56.8 Å². The molecule has 1 atom stereocenters. The van der Waals surface area contributed by atoms with Gasteiger partial charge in [-0.05, 0) is 55.8 Å². The number of nitrogens with zero attached hydrogens (tertiary/aromatic N) is 4. The van der Waals surface area contributed by atoms with Crippen LogP contribution in [-0.2, 0) is 22.6 Å². The Labute approximate surface area is 179 Å². The average Bonchev–Trinajstić information content (AvgIpc) is 3.15. The Hall–Kier alpha value is -2.73. The molecule has 0 spiro atoms. The molecule has 0 saturated carbocycles. The van der Waals surface area contributed by atoms with Crippen LogP contribution in [0.25, 0.3) is 0 Å². The number of para-hydroxylation sites is 1. The first-order valence-corrected chi connectivity index (χ1v) is 10.7. The van der Waals surface area contributed by atoms with Crippen LogP contribution in [0.1, 0.15) is 30.9 Å². The van der Waals surface area contributed by atoms with Gasteiger partial charge in [-0.15, -0.1) is 0 Å². The molecule has 1 aromatic carbocycles. The highest BCUT2D eigenvalue weighted by atomic mass is 16.2. The second-order valence-corrected chi connectivity index (χ2v) is 8.09. The maximum Gasteiger partial charge on any atom is 0.227 e. The molecule has 1 fully saturated rings. The zero-order valence-electron chi connectivity index (χ0n) is 18.3. The molecule has 3 rings (SSSR count). The van der Waals surface area contributed by atoms with E-state index in [-0.39, 0.29) is 17.7 Å². The van der Waals surface area contributed by atoms with E-state index >= 15 is 0 Å². The van der Waals surface area contributed by atoms with Crippen molar-refractivity contribution in [3.05, 3.63) is 59.9 Å². The van der Waals surface area contributed by atoms with Crippen LogP contribution < -0.4 is 4.90 Å². The number of amides is 2. The maximum absolute atomic E-state index is 12.9. The van der Waals surface area contributed by atoms with Crippen molar-refractivity contribution in [2.75, 3.05) is 38.6 Å². The number of carbonyl (C=O) groups excluding carboxylic acids is 2. The number of hydrogen-bond acceptors (Lipinski definition) is 4. The largest absolute Gasteiger partial charge is 0.345 e. The molecule has 1 saturated heterocycles. The van der Waals surface area contributed by atoms with Crippen LogP contribution in [-0.4, -0.2) is 60.3 Å². The first kappa shape index (κ1) is 22.0. The van der Waals surface area contributed by atoms with Crippen molar-refractivity contribution in [2.45, 2.75) is 32.7 Å². The van der Waals surface area contributed by atoms with Crippen molar-refractivity contribution in [1.29, 1.82) is 0 Å². The monoisotopic (exact) mass is 408 g/mol.